The molecule has 0 spiro atoms. The van der Waals surface area contributed by atoms with Crippen molar-refractivity contribution in [2.45, 2.75) is 86.0 Å². The first-order valence-electron chi connectivity index (χ1n) is 15.8. The molecule has 258 valence electrons. The van der Waals surface area contributed by atoms with Crippen molar-refractivity contribution in [2.75, 3.05) is 26.2 Å². The average Bonchev–Trinajstić information content (AvgIpc) is 3.24. The van der Waals surface area contributed by atoms with Crippen molar-refractivity contribution in [3.05, 3.63) is 12.7 Å². The van der Waals surface area contributed by atoms with Gasteiger partial charge >= 0.3 is 12.1 Å². The molecule has 3 aliphatic rings. The third-order valence-corrected chi connectivity index (χ3v) is 9.39. The van der Waals surface area contributed by atoms with Gasteiger partial charge in [-0.05, 0) is 28.1 Å². The third-order valence-electron chi connectivity index (χ3n) is 9.39. The van der Waals surface area contributed by atoms with Gasteiger partial charge in [-0.15, -0.1) is 18.9 Å². The number of likely N-dealkylation sites (tertiary alicyclic amines) is 1. The minimum Gasteiger partial charge on any atom is -0.346 e. The zero-order valence-electron chi connectivity index (χ0n) is 28.6. The first kappa shape index (κ1) is 37.1. The molecule has 2 aliphatic heterocycles. The molecule has 0 bridgehead atoms. The topological polar surface area (TPSA) is 186 Å². The molecular weight excluding hydrogens is 606 g/mol. The largest absolute Gasteiger partial charge is 0.346 e. The fourth-order valence-electron chi connectivity index (χ4n) is 6.31. The maximum Gasteiger partial charge on any atom is 0.324 e. The summed E-state index contributed by atoms with van der Waals surface area (Å²) in [5.41, 5.74) is -1.63. The van der Waals surface area contributed by atoms with Gasteiger partial charge in [0.25, 0.3) is 5.91 Å². The highest BCUT2D eigenvalue weighted by atomic mass is 16.2. The Balaban J connectivity index is 1.82. The van der Waals surface area contributed by atoms with Crippen LogP contribution in [-0.4, -0.2) is 102 Å². The van der Waals surface area contributed by atoms with Gasteiger partial charge in [0, 0.05) is 19.5 Å². The molecule has 0 aromatic heterocycles. The number of imide groups is 1. The van der Waals surface area contributed by atoms with Gasteiger partial charge in [0.1, 0.15) is 18.1 Å². The van der Waals surface area contributed by atoms with Gasteiger partial charge in [0.05, 0.1) is 19.1 Å². The van der Waals surface area contributed by atoms with Gasteiger partial charge in [-0.2, -0.15) is 0 Å². The van der Waals surface area contributed by atoms with Crippen molar-refractivity contribution in [3.63, 3.8) is 0 Å². The van der Waals surface area contributed by atoms with Crippen LogP contribution in [0.25, 0.3) is 0 Å². The van der Waals surface area contributed by atoms with Gasteiger partial charge in [-0.1, -0.05) is 61.5 Å². The lowest BCUT2D eigenvalue weighted by atomic mass is 9.85. The standard InChI is InChI=1S/C33H49N7O7/c1-11-13-19(24(42)27(44)34-14-12-2)36-26(43)23-22-18(33(22,9)10)16-40(23)28(45)25(32(6,7)8)38-29(46)37-20(31(3,4)5)17-39-21(41)15-35-30(39)47/h1,12,18-20,22-23,25H,2,13-17H2,3-10H3,(H,34,44)(H,35,47)(H,36,43)(H2,37,38,46)/t18-,19?,20+,22-,23-,25+/m0/s1. The Kier molecular flexibility index (Phi) is 10.8. The maximum atomic E-state index is 14.3. The number of nitrogens with zero attached hydrogens (tertiary/aromatic N) is 2. The van der Waals surface area contributed by atoms with Gasteiger partial charge in [-0.25, -0.2) is 9.59 Å². The van der Waals surface area contributed by atoms with E-state index in [4.69, 9.17) is 6.42 Å². The lowest BCUT2D eigenvalue weighted by Gasteiger charge is -2.39. The van der Waals surface area contributed by atoms with E-state index in [9.17, 15) is 33.6 Å². The van der Waals surface area contributed by atoms with Crippen LogP contribution in [0.4, 0.5) is 9.59 Å². The molecule has 0 aromatic carbocycles. The fraction of sp³-hybridized carbons (Fsp3) is 0.667. The third kappa shape index (κ3) is 8.12. The number of terminal acetylenes is 1. The molecule has 0 aromatic rings. The number of ketones is 1. The molecule has 3 rings (SSSR count). The predicted molar refractivity (Wildman–Crippen MR) is 173 cm³/mol. The highest BCUT2D eigenvalue weighted by molar-refractivity contribution is 6.38. The lowest BCUT2D eigenvalue weighted by Crippen LogP contribution is -2.63. The zero-order chi connectivity index (χ0) is 35.6. The van der Waals surface area contributed by atoms with Crippen molar-refractivity contribution in [1.82, 2.24) is 36.4 Å². The minimum absolute atomic E-state index is 0.00346. The summed E-state index contributed by atoms with van der Waals surface area (Å²) in [6.07, 6.45) is 6.64. The summed E-state index contributed by atoms with van der Waals surface area (Å²) < 4.78 is 0. The monoisotopic (exact) mass is 655 g/mol. The Hall–Kier alpha value is -4.41. The highest BCUT2D eigenvalue weighted by Gasteiger charge is 2.70. The van der Waals surface area contributed by atoms with Crippen LogP contribution in [-0.2, 0) is 24.0 Å². The summed E-state index contributed by atoms with van der Waals surface area (Å²) in [5.74, 6) is -1.21. The molecular formula is C33H49N7O7. The summed E-state index contributed by atoms with van der Waals surface area (Å²) in [6, 6.07) is -5.22. The summed E-state index contributed by atoms with van der Waals surface area (Å²) >= 11 is 0. The number of Topliss-reactive ketones (excluding diaryl/α,β-unsaturated/α-hetero) is 1. The number of urea groups is 2. The first-order valence-corrected chi connectivity index (χ1v) is 15.8. The molecule has 8 amide bonds. The molecule has 6 atom stereocenters. The number of carbonyl (C=O) groups excluding carboxylic acids is 7. The summed E-state index contributed by atoms with van der Waals surface area (Å²) in [6.45, 7) is 18.5. The van der Waals surface area contributed by atoms with Crippen molar-refractivity contribution < 1.29 is 33.6 Å². The second kappa shape index (κ2) is 13.8. The van der Waals surface area contributed by atoms with E-state index in [1.54, 1.807) is 20.8 Å². The smallest absolute Gasteiger partial charge is 0.324 e. The number of carbonyl (C=O) groups is 7. The van der Waals surface area contributed by atoms with E-state index in [2.05, 4.69) is 39.1 Å². The molecule has 2 saturated heterocycles. The molecule has 0 radical (unpaired) electrons. The van der Waals surface area contributed by atoms with E-state index >= 15 is 0 Å². The Morgan fingerprint density at radius 1 is 1.06 bits per heavy atom. The van der Waals surface area contributed by atoms with Crippen LogP contribution >= 0.6 is 0 Å². The summed E-state index contributed by atoms with van der Waals surface area (Å²) in [4.78, 5) is 93.7. The highest BCUT2D eigenvalue weighted by Crippen LogP contribution is 2.65. The Morgan fingerprint density at radius 3 is 2.21 bits per heavy atom. The second-order valence-corrected chi connectivity index (χ2v) is 15.2. The van der Waals surface area contributed by atoms with Crippen molar-refractivity contribution in [1.29, 1.82) is 0 Å². The van der Waals surface area contributed by atoms with Crippen LogP contribution < -0.4 is 26.6 Å². The quantitative estimate of drug-likeness (QED) is 0.0878. The van der Waals surface area contributed by atoms with E-state index in [-0.39, 0.29) is 49.9 Å². The van der Waals surface area contributed by atoms with Gasteiger partial charge in [0.2, 0.25) is 23.5 Å². The first-order chi connectivity index (χ1) is 21.7. The summed E-state index contributed by atoms with van der Waals surface area (Å²) in [5, 5.41) is 13.1. The number of hydrogen-bond acceptors (Lipinski definition) is 7. The van der Waals surface area contributed by atoms with Gasteiger partial charge in [-0.3, -0.25) is 28.9 Å². The lowest BCUT2D eigenvalue weighted by molar-refractivity contribution is -0.145. The molecule has 14 nitrogen and oxygen atoms in total. The van der Waals surface area contributed by atoms with Crippen LogP contribution in [0.2, 0.25) is 0 Å². The van der Waals surface area contributed by atoms with Gasteiger partial charge < -0.3 is 31.5 Å². The minimum atomic E-state index is -1.30. The fourth-order valence-corrected chi connectivity index (χ4v) is 6.31. The maximum absolute atomic E-state index is 14.3. The Morgan fingerprint density at radius 2 is 1.70 bits per heavy atom. The molecule has 1 aliphatic carbocycles. The molecule has 14 heteroatoms. The Labute approximate surface area is 276 Å². The van der Waals surface area contributed by atoms with Crippen molar-refractivity contribution in [2.24, 2.45) is 28.1 Å². The van der Waals surface area contributed by atoms with E-state index < -0.39 is 76.5 Å². The zero-order valence-corrected chi connectivity index (χ0v) is 28.6. The van der Waals surface area contributed by atoms with E-state index in [0.29, 0.717) is 0 Å². The normalized spacial score (nSPS) is 23.3. The molecule has 2 heterocycles. The molecule has 3 fully saturated rings. The molecule has 1 saturated carbocycles. The van der Waals surface area contributed by atoms with Gasteiger partial charge in [0.15, 0.2) is 0 Å². The number of rotatable bonds is 12. The van der Waals surface area contributed by atoms with Crippen molar-refractivity contribution >= 4 is 41.5 Å². The summed E-state index contributed by atoms with van der Waals surface area (Å²) in [7, 11) is 0. The number of hydrogen-bond donors (Lipinski definition) is 5. The number of piperidine rings is 1. The van der Waals surface area contributed by atoms with Crippen LogP contribution in [0.1, 0.15) is 61.8 Å². The van der Waals surface area contributed by atoms with Crippen LogP contribution in [0.3, 0.4) is 0 Å². The van der Waals surface area contributed by atoms with E-state index in [1.165, 1.54) is 11.0 Å². The van der Waals surface area contributed by atoms with Crippen LogP contribution in [0, 0.1) is 40.4 Å². The number of fused-ring (bicyclic) bond motifs is 1. The molecule has 5 N–H and O–H groups in total. The second-order valence-electron chi connectivity index (χ2n) is 15.2. The van der Waals surface area contributed by atoms with Crippen LogP contribution in [0.5, 0.6) is 0 Å². The van der Waals surface area contributed by atoms with E-state index in [1.807, 2.05) is 34.6 Å². The number of amides is 8. The predicted octanol–water partition coefficient (Wildman–Crippen LogP) is 0.529. The Bertz CT molecular complexity index is 1350. The number of nitrogens with one attached hydrogen (secondary N) is 5. The van der Waals surface area contributed by atoms with E-state index in [0.717, 1.165) is 4.90 Å². The van der Waals surface area contributed by atoms with Crippen LogP contribution in [0.15, 0.2) is 12.7 Å². The van der Waals surface area contributed by atoms with Crippen molar-refractivity contribution in [3.8, 4) is 12.3 Å². The SMILES string of the molecule is C#CCC(NC(=O)[C@@H]1[C@@H]2[C@H](CN1C(=O)[C@@H](NC(=O)N[C@H](CN1C(=O)CNC1=O)C(C)(C)C)C(C)(C)C)C2(C)C)C(=O)C(=O)NCC=C. The molecule has 47 heavy (non-hydrogen) atoms. The molecule has 1 unspecified atom stereocenters. The average molecular weight is 656 g/mol.